The number of nitrogens with one attached hydrogen (secondary N) is 1. The van der Waals surface area contributed by atoms with Gasteiger partial charge in [0.15, 0.2) is 0 Å². The number of allylic oxidation sites excluding steroid dienone is 1. The van der Waals surface area contributed by atoms with Crippen LogP contribution in [-0.2, 0) is 0 Å². The van der Waals surface area contributed by atoms with Crippen molar-refractivity contribution in [3.05, 3.63) is 30.0 Å². The lowest BCUT2D eigenvalue weighted by Crippen LogP contribution is -2.46. The molecule has 24 heavy (non-hydrogen) atoms. The lowest BCUT2D eigenvalue weighted by molar-refractivity contribution is 0.316. The number of aromatic amines is 1. The van der Waals surface area contributed by atoms with E-state index < -0.39 is 0 Å². The summed E-state index contributed by atoms with van der Waals surface area (Å²) in [6.45, 7) is 12.3. The minimum Gasteiger partial charge on any atom is -0.386 e. The molecule has 0 aromatic carbocycles. The standard InChI is InChI=1S/C18H30N6/c1-17(2,3)13(19)15(21)22-10-8-7-9-12-11-23-16(24-12)14(20)18(4,5)6/h8,10-11,13-14H,19-20H2,1-6H3,(H2,21,22)(H,23,24)/b10-8+/t13-,14?/m1/s1. The fourth-order valence-corrected chi connectivity index (χ4v) is 1.77. The molecule has 2 atom stereocenters. The van der Waals surface area contributed by atoms with E-state index in [1.807, 2.05) is 20.8 Å². The van der Waals surface area contributed by atoms with E-state index in [2.05, 4.69) is 47.6 Å². The van der Waals surface area contributed by atoms with Gasteiger partial charge in [0.25, 0.3) is 0 Å². The summed E-state index contributed by atoms with van der Waals surface area (Å²) < 4.78 is 0. The number of nitrogens with zero attached hydrogens (tertiary/aromatic N) is 2. The van der Waals surface area contributed by atoms with Crippen LogP contribution in [0.25, 0.3) is 0 Å². The number of rotatable bonds is 3. The number of nitrogens with two attached hydrogens (primary N) is 3. The first kappa shape index (κ1) is 19.9. The van der Waals surface area contributed by atoms with E-state index in [9.17, 15) is 0 Å². The average Bonchev–Trinajstić information content (AvgIpc) is 2.91. The highest BCUT2D eigenvalue weighted by Crippen LogP contribution is 2.28. The molecule has 1 unspecified atom stereocenters. The van der Waals surface area contributed by atoms with Crippen molar-refractivity contribution in [1.29, 1.82) is 0 Å². The molecule has 132 valence electrons. The molecular weight excluding hydrogens is 300 g/mol. The normalized spacial score (nSPS) is 15.9. The minimum absolute atomic E-state index is 0.0689. The molecule has 0 radical (unpaired) electrons. The highest BCUT2D eigenvalue weighted by molar-refractivity contribution is 5.86. The summed E-state index contributed by atoms with van der Waals surface area (Å²) in [7, 11) is 0. The highest BCUT2D eigenvalue weighted by Gasteiger charge is 2.24. The second-order valence-electron chi connectivity index (χ2n) is 8.01. The van der Waals surface area contributed by atoms with E-state index in [-0.39, 0.29) is 22.9 Å². The first-order valence-electron chi connectivity index (χ1n) is 7.98. The second kappa shape index (κ2) is 7.65. The summed E-state index contributed by atoms with van der Waals surface area (Å²) in [4.78, 5) is 11.5. The number of hydrogen-bond acceptors (Lipinski definition) is 4. The number of imidazole rings is 1. The molecule has 0 saturated heterocycles. The third-order valence-electron chi connectivity index (χ3n) is 3.66. The Balaban J connectivity index is 2.72. The number of hydrogen-bond donors (Lipinski definition) is 4. The predicted molar refractivity (Wildman–Crippen MR) is 100 cm³/mol. The Kier molecular flexibility index (Phi) is 6.35. The quantitative estimate of drug-likeness (QED) is 0.385. The summed E-state index contributed by atoms with van der Waals surface area (Å²) in [6.07, 6.45) is 4.84. The van der Waals surface area contributed by atoms with E-state index in [1.165, 1.54) is 0 Å². The van der Waals surface area contributed by atoms with Crippen molar-refractivity contribution < 1.29 is 0 Å². The first-order valence-corrected chi connectivity index (χ1v) is 7.98. The monoisotopic (exact) mass is 330 g/mol. The van der Waals surface area contributed by atoms with E-state index >= 15 is 0 Å². The molecule has 0 aliphatic heterocycles. The molecule has 0 aliphatic rings. The van der Waals surface area contributed by atoms with Gasteiger partial charge in [-0.2, -0.15) is 0 Å². The number of aliphatic imine (C=N–C) groups is 1. The third kappa shape index (κ3) is 5.84. The smallest absolute Gasteiger partial charge is 0.124 e. The van der Waals surface area contributed by atoms with Gasteiger partial charge < -0.3 is 22.2 Å². The molecule has 0 aliphatic carbocycles. The van der Waals surface area contributed by atoms with Crippen LogP contribution in [0.15, 0.2) is 23.5 Å². The number of amidine groups is 1. The topological polar surface area (TPSA) is 119 Å². The Morgan fingerprint density at radius 1 is 1.21 bits per heavy atom. The zero-order valence-electron chi connectivity index (χ0n) is 15.5. The third-order valence-corrected chi connectivity index (χ3v) is 3.66. The Bertz CT molecular complexity index is 658. The average molecular weight is 330 g/mol. The summed E-state index contributed by atoms with van der Waals surface area (Å²) in [5.74, 6) is 6.95. The van der Waals surface area contributed by atoms with Crippen molar-refractivity contribution in [2.24, 2.45) is 33.0 Å². The largest absolute Gasteiger partial charge is 0.386 e. The van der Waals surface area contributed by atoms with Crippen LogP contribution in [0.4, 0.5) is 0 Å². The van der Waals surface area contributed by atoms with Gasteiger partial charge in [-0.05, 0) is 16.8 Å². The Morgan fingerprint density at radius 3 is 2.38 bits per heavy atom. The van der Waals surface area contributed by atoms with Crippen LogP contribution >= 0.6 is 0 Å². The molecule has 0 fully saturated rings. The van der Waals surface area contributed by atoms with E-state index in [0.717, 1.165) is 5.82 Å². The van der Waals surface area contributed by atoms with E-state index in [1.54, 1.807) is 18.5 Å². The maximum absolute atomic E-state index is 6.16. The summed E-state index contributed by atoms with van der Waals surface area (Å²) in [6, 6.07) is -0.476. The summed E-state index contributed by atoms with van der Waals surface area (Å²) in [5.41, 5.74) is 18.5. The maximum atomic E-state index is 6.16. The molecule has 1 aromatic heterocycles. The van der Waals surface area contributed by atoms with Gasteiger partial charge in [0.2, 0.25) is 0 Å². The lowest BCUT2D eigenvalue weighted by atomic mass is 9.87. The van der Waals surface area contributed by atoms with Crippen LogP contribution in [0.1, 0.15) is 59.1 Å². The second-order valence-corrected chi connectivity index (χ2v) is 8.01. The molecule has 6 heteroatoms. The lowest BCUT2D eigenvalue weighted by Gasteiger charge is -2.25. The van der Waals surface area contributed by atoms with Crippen LogP contribution < -0.4 is 17.2 Å². The van der Waals surface area contributed by atoms with Gasteiger partial charge in [0.1, 0.15) is 17.4 Å². The Morgan fingerprint density at radius 2 is 1.83 bits per heavy atom. The molecule has 7 N–H and O–H groups in total. The number of aromatic nitrogens is 2. The fraction of sp³-hybridized carbons (Fsp3) is 0.556. The molecule has 1 heterocycles. The first-order chi connectivity index (χ1) is 10.9. The van der Waals surface area contributed by atoms with Gasteiger partial charge in [0.05, 0.1) is 18.3 Å². The molecule has 0 bridgehead atoms. The van der Waals surface area contributed by atoms with E-state index in [4.69, 9.17) is 17.2 Å². The van der Waals surface area contributed by atoms with Crippen LogP contribution in [-0.4, -0.2) is 21.8 Å². The molecule has 0 amide bonds. The van der Waals surface area contributed by atoms with Crippen molar-refractivity contribution in [3.8, 4) is 11.8 Å². The molecule has 0 saturated carbocycles. The molecule has 1 aromatic rings. The van der Waals surface area contributed by atoms with Crippen molar-refractivity contribution in [2.75, 3.05) is 0 Å². The SMILES string of the molecule is CC(C)(C)C(N)c1ncc(C#C/C=C/N=C(N)[C@@H](N)C(C)(C)C)[nH]1. The van der Waals surface area contributed by atoms with Gasteiger partial charge in [-0.3, -0.25) is 0 Å². The molecular formula is C18H30N6. The zero-order valence-corrected chi connectivity index (χ0v) is 15.5. The Hall–Kier alpha value is -2.10. The van der Waals surface area contributed by atoms with Gasteiger partial charge in [-0.25, -0.2) is 9.98 Å². The van der Waals surface area contributed by atoms with E-state index in [0.29, 0.717) is 11.5 Å². The molecule has 1 rings (SSSR count). The molecule has 6 nitrogen and oxygen atoms in total. The van der Waals surface area contributed by atoms with Crippen molar-refractivity contribution in [3.63, 3.8) is 0 Å². The van der Waals surface area contributed by atoms with Gasteiger partial charge in [-0.1, -0.05) is 47.5 Å². The predicted octanol–water partition coefficient (Wildman–Crippen LogP) is 2.05. The minimum atomic E-state index is -0.302. The fourth-order valence-electron chi connectivity index (χ4n) is 1.77. The van der Waals surface area contributed by atoms with Crippen LogP contribution in [0.5, 0.6) is 0 Å². The summed E-state index contributed by atoms with van der Waals surface area (Å²) >= 11 is 0. The highest BCUT2D eigenvalue weighted by atomic mass is 15.0. The van der Waals surface area contributed by atoms with Crippen molar-refractivity contribution in [1.82, 2.24) is 9.97 Å². The van der Waals surface area contributed by atoms with Gasteiger partial charge in [-0.15, -0.1) is 0 Å². The maximum Gasteiger partial charge on any atom is 0.124 e. The van der Waals surface area contributed by atoms with Crippen molar-refractivity contribution in [2.45, 2.75) is 53.6 Å². The van der Waals surface area contributed by atoms with Gasteiger partial charge >= 0.3 is 0 Å². The summed E-state index contributed by atoms with van der Waals surface area (Å²) in [5, 5.41) is 0. The number of H-pyrrole nitrogens is 1. The van der Waals surface area contributed by atoms with Crippen molar-refractivity contribution >= 4 is 5.84 Å². The Labute approximate surface area is 145 Å². The van der Waals surface area contributed by atoms with Gasteiger partial charge in [0, 0.05) is 12.3 Å². The van der Waals surface area contributed by atoms with Crippen LogP contribution in [0.3, 0.4) is 0 Å². The van der Waals surface area contributed by atoms with Crippen LogP contribution in [0, 0.1) is 22.7 Å². The molecule has 0 spiro atoms. The van der Waals surface area contributed by atoms with Crippen LogP contribution in [0.2, 0.25) is 0 Å². The zero-order chi connectivity index (χ0) is 18.5.